The molecular weight excluding hydrogens is 263 g/mol. The van der Waals surface area contributed by atoms with Crippen molar-refractivity contribution in [2.75, 3.05) is 0 Å². The Bertz CT molecular complexity index is 629. The summed E-state index contributed by atoms with van der Waals surface area (Å²) in [4.78, 5) is 1.50. The van der Waals surface area contributed by atoms with Crippen LogP contribution in [0.5, 0.6) is 0 Å². The zero-order valence-electron chi connectivity index (χ0n) is 10.3. The molecule has 3 nitrogen and oxygen atoms in total. The van der Waals surface area contributed by atoms with Gasteiger partial charge in [-0.1, -0.05) is 35.1 Å². The van der Waals surface area contributed by atoms with Gasteiger partial charge in [-0.15, -0.1) is 0 Å². The average molecular weight is 276 g/mol. The van der Waals surface area contributed by atoms with Crippen molar-refractivity contribution in [3.8, 4) is 0 Å². The summed E-state index contributed by atoms with van der Waals surface area (Å²) in [7, 11) is 0. The van der Waals surface area contributed by atoms with E-state index in [1.54, 1.807) is 30.3 Å². The van der Waals surface area contributed by atoms with Crippen LogP contribution in [0, 0.1) is 12.7 Å². The van der Waals surface area contributed by atoms with Crippen LogP contribution in [-0.4, -0.2) is 11.0 Å². The van der Waals surface area contributed by atoms with Crippen LogP contribution in [0.15, 0.2) is 57.4 Å². The predicted molar refractivity (Wildman–Crippen MR) is 74.2 cm³/mol. The Morgan fingerprint density at radius 1 is 1.21 bits per heavy atom. The fourth-order valence-electron chi connectivity index (χ4n) is 1.63. The van der Waals surface area contributed by atoms with E-state index in [1.807, 2.05) is 13.0 Å². The molecule has 0 atom stereocenters. The number of oxime groups is 1. The smallest absolute Gasteiger partial charge is 0.170 e. The van der Waals surface area contributed by atoms with Crippen LogP contribution in [0.3, 0.4) is 0 Å². The topological polar surface area (TPSA) is 58.6 Å². The van der Waals surface area contributed by atoms with Gasteiger partial charge in [0.2, 0.25) is 0 Å². The zero-order chi connectivity index (χ0) is 13.8. The maximum Gasteiger partial charge on any atom is 0.170 e. The summed E-state index contributed by atoms with van der Waals surface area (Å²) >= 11 is 1.35. The second-order valence-electron chi connectivity index (χ2n) is 4.00. The number of benzene rings is 2. The van der Waals surface area contributed by atoms with Gasteiger partial charge in [-0.3, -0.25) is 0 Å². The van der Waals surface area contributed by atoms with Gasteiger partial charge in [0, 0.05) is 15.4 Å². The molecule has 2 aromatic carbocycles. The minimum atomic E-state index is -0.243. The molecule has 0 unspecified atom stereocenters. The third-order valence-electron chi connectivity index (χ3n) is 2.64. The van der Waals surface area contributed by atoms with Gasteiger partial charge in [-0.25, -0.2) is 4.39 Å². The molecule has 0 aromatic heterocycles. The van der Waals surface area contributed by atoms with E-state index in [0.29, 0.717) is 10.5 Å². The van der Waals surface area contributed by atoms with Crippen LogP contribution >= 0.6 is 11.8 Å². The molecule has 98 valence electrons. The number of amidine groups is 1. The van der Waals surface area contributed by atoms with Crippen molar-refractivity contribution in [2.45, 2.75) is 16.7 Å². The lowest BCUT2D eigenvalue weighted by atomic mass is 10.1. The molecule has 2 aromatic rings. The molecule has 0 amide bonds. The highest BCUT2D eigenvalue weighted by atomic mass is 32.2. The Kier molecular flexibility index (Phi) is 4.06. The summed E-state index contributed by atoms with van der Waals surface area (Å²) in [5, 5.41) is 11.6. The molecule has 0 heterocycles. The van der Waals surface area contributed by atoms with Crippen molar-refractivity contribution in [1.29, 1.82) is 0 Å². The van der Waals surface area contributed by atoms with E-state index in [4.69, 9.17) is 10.9 Å². The number of nitrogens with two attached hydrogens (primary N) is 1. The van der Waals surface area contributed by atoms with E-state index in [2.05, 4.69) is 5.16 Å². The second kappa shape index (κ2) is 5.75. The molecular formula is C14H13FN2OS. The number of hydrogen-bond donors (Lipinski definition) is 2. The van der Waals surface area contributed by atoms with E-state index in [1.165, 1.54) is 17.8 Å². The van der Waals surface area contributed by atoms with Crippen LogP contribution in [0.25, 0.3) is 0 Å². The van der Waals surface area contributed by atoms with Crippen molar-refractivity contribution in [3.05, 3.63) is 59.4 Å². The van der Waals surface area contributed by atoms with Gasteiger partial charge in [0.25, 0.3) is 0 Å². The van der Waals surface area contributed by atoms with Gasteiger partial charge >= 0.3 is 0 Å². The molecule has 0 saturated heterocycles. The summed E-state index contributed by atoms with van der Waals surface area (Å²) in [6.45, 7) is 1.90. The largest absolute Gasteiger partial charge is 0.409 e. The molecule has 0 aliphatic carbocycles. The Morgan fingerprint density at radius 3 is 2.58 bits per heavy atom. The first kappa shape index (κ1) is 13.4. The van der Waals surface area contributed by atoms with Crippen LogP contribution in [-0.2, 0) is 0 Å². The minimum absolute atomic E-state index is 0.0607. The highest BCUT2D eigenvalue weighted by molar-refractivity contribution is 7.99. The lowest BCUT2D eigenvalue weighted by Crippen LogP contribution is -2.13. The van der Waals surface area contributed by atoms with E-state index >= 15 is 0 Å². The first-order valence-electron chi connectivity index (χ1n) is 5.62. The molecule has 0 fully saturated rings. The number of aryl methyl sites for hydroxylation is 1. The van der Waals surface area contributed by atoms with Gasteiger partial charge in [-0.05, 0) is 36.8 Å². The van der Waals surface area contributed by atoms with E-state index in [9.17, 15) is 4.39 Å². The van der Waals surface area contributed by atoms with Gasteiger partial charge in [0.1, 0.15) is 5.82 Å². The normalized spacial score (nSPS) is 11.6. The van der Waals surface area contributed by atoms with Gasteiger partial charge in [-0.2, -0.15) is 0 Å². The molecule has 0 radical (unpaired) electrons. The molecule has 3 N–H and O–H groups in total. The molecule has 0 aliphatic rings. The number of halogens is 1. The third kappa shape index (κ3) is 3.06. The molecule has 2 rings (SSSR count). The van der Waals surface area contributed by atoms with Crippen LogP contribution in [0.4, 0.5) is 4.39 Å². The van der Waals surface area contributed by atoms with Crippen molar-refractivity contribution >= 4 is 17.6 Å². The number of nitrogens with zero attached hydrogens (tertiary/aromatic N) is 1. The summed E-state index contributed by atoms with van der Waals surface area (Å²) in [5.41, 5.74) is 7.10. The van der Waals surface area contributed by atoms with E-state index in [0.717, 1.165) is 10.5 Å². The van der Waals surface area contributed by atoms with Crippen molar-refractivity contribution in [1.82, 2.24) is 0 Å². The highest BCUT2D eigenvalue weighted by Gasteiger charge is 2.07. The second-order valence-corrected chi connectivity index (χ2v) is 5.08. The summed E-state index contributed by atoms with van der Waals surface area (Å²) in [6.07, 6.45) is 0. The van der Waals surface area contributed by atoms with E-state index in [-0.39, 0.29) is 11.7 Å². The third-order valence-corrected chi connectivity index (χ3v) is 3.86. The Hall–Kier alpha value is -2.01. The maximum absolute atomic E-state index is 13.6. The average Bonchev–Trinajstić information content (AvgIpc) is 2.42. The lowest BCUT2D eigenvalue weighted by Gasteiger charge is -2.08. The predicted octanol–water partition coefficient (Wildman–Crippen LogP) is 3.38. The monoisotopic (exact) mass is 276 g/mol. The number of rotatable bonds is 3. The SMILES string of the molecule is Cc1cc(/C(N)=N/O)ccc1Sc1ccccc1F. The lowest BCUT2D eigenvalue weighted by molar-refractivity contribution is 0.318. The first-order chi connectivity index (χ1) is 9.11. The van der Waals surface area contributed by atoms with E-state index < -0.39 is 0 Å². The maximum atomic E-state index is 13.6. The first-order valence-corrected chi connectivity index (χ1v) is 6.44. The van der Waals surface area contributed by atoms with Crippen LogP contribution in [0.2, 0.25) is 0 Å². The molecule has 0 aliphatic heterocycles. The summed E-state index contributed by atoms with van der Waals surface area (Å²) in [5.74, 6) is -0.182. The fourth-order valence-corrected chi connectivity index (χ4v) is 2.53. The molecule has 0 bridgehead atoms. The zero-order valence-corrected chi connectivity index (χ0v) is 11.1. The highest BCUT2D eigenvalue weighted by Crippen LogP contribution is 2.32. The van der Waals surface area contributed by atoms with Crippen molar-refractivity contribution < 1.29 is 9.60 Å². The van der Waals surface area contributed by atoms with Crippen molar-refractivity contribution in [2.24, 2.45) is 10.9 Å². The van der Waals surface area contributed by atoms with Crippen LogP contribution in [0.1, 0.15) is 11.1 Å². The minimum Gasteiger partial charge on any atom is -0.409 e. The quantitative estimate of drug-likeness (QED) is 0.391. The molecule has 0 saturated carbocycles. The van der Waals surface area contributed by atoms with Gasteiger partial charge in [0.05, 0.1) is 0 Å². The van der Waals surface area contributed by atoms with Gasteiger partial charge in [0.15, 0.2) is 5.84 Å². The summed E-state index contributed by atoms with van der Waals surface area (Å²) in [6, 6.07) is 12.0. The summed E-state index contributed by atoms with van der Waals surface area (Å²) < 4.78 is 13.6. The molecule has 19 heavy (non-hydrogen) atoms. The Balaban J connectivity index is 2.30. The standard InChI is InChI=1S/C14H13FN2OS/c1-9-8-10(14(16)17-18)6-7-12(9)19-13-5-3-2-4-11(13)15/h2-8,18H,1H3,(H2,16,17). The Morgan fingerprint density at radius 2 is 1.95 bits per heavy atom. The number of hydrogen-bond acceptors (Lipinski definition) is 3. The fraction of sp³-hybridized carbons (Fsp3) is 0.0714. The molecule has 5 heteroatoms. The Labute approximate surface area is 114 Å². The van der Waals surface area contributed by atoms with Crippen LogP contribution < -0.4 is 5.73 Å². The molecule has 0 spiro atoms. The van der Waals surface area contributed by atoms with Crippen molar-refractivity contribution in [3.63, 3.8) is 0 Å². The van der Waals surface area contributed by atoms with Gasteiger partial charge < -0.3 is 10.9 Å².